The van der Waals surface area contributed by atoms with Crippen LogP contribution < -0.4 is 10.1 Å². The quantitative estimate of drug-likeness (QED) is 0.627. The molecular formula is C16H15N5O2. The van der Waals surface area contributed by atoms with E-state index in [-0.39, 0.29) is 0 Å². The predicted octanol–water partition coefficient (Wildman–Crippen LogP) is 2.83. The summed E-state index contributed by atoms with van der Waals surface area (Å²) < 4.78 is 12.9. The SMILES string of the molecule is CNc1nc2oc(-c3ccc(OC)cc3)nc2c2c1ncn2C. The molecule has 1 aromatic carbocycles. The van der Waals surface area contributed by atoms with Gasteiger partial charge in [0.1, 0.15) is 16.8 Å². The summed E-state index contributed by atoms with van der Waals surface area (Å²) in [6, 6.07) is 7.55. The summed E-state index contributed by atoms with van der Waals surface area (Å²) >= 11 is 0. The van der Waals surface area contributed by atoms with E-state index in [1.165, 1.54) is 0 Å². The molecule has 0 unspecified atom stereocenters. The number of imidazole rings is 1. The molecule has 7 nitrogen and oxygen atoms in total. The maximum absolute atomic E-state index is 5.86. The van der Waals surface area contributed by atoms with Gasteiger partial charge in [0.05, 0.1) is 13.4 Å². The Kier molecular flexibility index (Phi) is 2.94. The third kappa shape index (κ3) is 2.01. The zero-order chi connectivity index (χ0) is 16.0. The number of fused-ring (bicyclic) bond motifs is 3. The maximum atomic E-state index is 5.86. The van der Waals surface area contributed by atoms with E-state index in [1.54, 1.807) is 13.4 Å². The van der Waals surface area contributed by atoms with Crippen molar-refractivity contribution in [3.8, 4) is 17.2 Å². The number of benzene rings is 1. The number of hydrogen-bond acceptors (Lipinski definition) is 6. The Balaban J connectivity index is 1.96. The van der Waals surface area contributed by atoms with E-state index in [0.717, 1.165) is 22.3 Å². The third-order valence-corrected chi connectivity index (χ3v) is 3.78. The number of nitrogens with one attached hydrogen (secondary N) is 1. The van der Waals surface area contributed by atoms with E-state index in [0.29, 0.717) is 22.9 Å². The minimum absolute atomic E-state index is 0.483. The zero-order valence-electron chi connectivity index (χ0n) is 13.0. The van der Waals surface area contributed by atoms with Crippen LogP contribution in [0.15, 0.2) is 35.0 Å². The van der Waals surface area contributed by atoms with Crippen LogP contribution in [0.2, 0.25) is 0 Å². The van der Waals surface area contributed by atoms with Gasteiger partial charge in [-0.1, -0.05) is 0 Å². The van der Waals surface area contributed by atoms with E-state index in [2.05, 4.69) is 20.3 Å². The lowest BCUT2D eigenvalue weighted by molar-refractivity contribution is 0.415. The molecule has 0 fully saturated rings. The fraction of sp³-hybridized carbons (Fsp3) is 0.188. The van der Waals surface area contributed by atoms with Gasteiger partial charge in [0.2, 0.25) is 5.89 Å². The first-order valence-electron chi connectivity index (χ1n) is 7.15. The summed E-state index contributed by atoms with van der Waals surface area (Å²) in [6.45, 7) is 0. The normalized spacial score (nSPS) is 11.3. The van der Waals surface area contributed by atoms with Crippen LogP contribution in [0.4, 0.5) is 5.82 Å². The Morgan fingerprint density at radius 2 is 1.91 bits per heavy atom. The summed E-state index contributed by atoms with van der Waals surface area (Å²) in [4.78, 5) is 13.5. The van der Waals surface area contributed by atoms with Gasteiger partial charge < -0.3 is 19.0 Å². The van der Waals surface area contributed by atoms with Gasteiger partial charge in [-0.05, 0) is 24.3 Å². The van der Waals surface area contributed by atoms with E-state index in [1.807, 2.05) is 42.9 Å². The zero-order valence-corrected chi connectivity index (χ0v) is 13.0. The summed E-state index contributed by atoms with van der Waals surface area (Å²) in [6.07, 6.45) is 1.74. The maximum Gasteiger partial charge on any atom is 0.251 e. The Bertz CT molecular complexity index is 1000. The van der Waals surface area contributed by atoms with Gasteiger partial charge in [0.25, 0.3) is 5.71 Å². The fourth-order valence-electron chi connectivity index (χ4n) is 2.61. The number of hydrogen-bond donors (Lipinski definition) is 1. The molecule has 0 amide bonds. The minimum Gasteiger partial charge on any atom is -0.497 e. The van der Waals surface area contributed by atoms with Gasteiger partial charge in [0, 0.05) is 19.7 Å². The van der Waals surface area contributed by atoms with E-state index in [9.17, 15) is 0 Å². The second-order valence-corrected chi connectivity index (χ2v) is 5.16. The summed E-state index contributed by atoms with van der Waals surface area (Å²) in [5.41, 5.74) is 3.71. The first-order chi connectivity index (χ1) is 11.2. The second kappa shape index (κ2) is 4.98. The molecule has 0 bridgehead atoms. The standard InChI is InChI=1S/C16H15N5O2/c1-17-14-11-13(21(2)8-18-11)12-16(20-14)23-15(19-12)9-4-6-10(22-3)7-5-9/h4-8H,1-3H3,(H,17,20). The van der Waals surface area contributed by atoms with Crippen molar-refractivity contribution in [1.29, 1.82) is 0 Å². The van der Waals surface area contributed by atoms with Crippen molar-refractivity contribution in [3.63, 3.8) is 0 Å². The van der Waals surface area contributed by atoms with Crippen molar-refractivity contribution in [2.75, 3.05) is 19.5 Å². The molecule has 3 heterocycles. The summed E-state index contributed by atoms with van der Waals surface area (Å²) in [7, 11) is 5.37. The average molecular weight is 309 g/mol. The van der Waals surface area contributed by atoms with Crippen molar-refractivity contribution in [2.45, 2.75) is 0 Å². The second-order valence-electron chi connectivity index (χ2n) is 5.16. The predicted molar refractivity (Wildman–Crippen MR) is 87.6 cm³/mol. The monoisotopic (exact) mass is 309 g/mol. The smallest absolute Gasteiger partial charge is 0.251 e. The van der Waals surface area contributed by atoms with Gasteiger partial charge in [0.15, 0.2) is 11.3 Å². The number of aromatic nitrogens is 4. The fourth-order valence-corrected chi connectivity index (χ4v) is 2.61. The molecule has 0 aliphatic heterocycles. The number of ether oxygens (including phenoxy) is 1. The number of rotatable bonds is 3. The Hall–Kier alpha value is -3.09. The van der Waals surface area contributed by atoms with Crippen LogP contribution in [0.3, 0.4) is 0 Å². The largest absolute Gasteiger partial charge is 0.497 e. The van der Waals surface area contributed by atoms with Gasteiger partial charge in [-0.3, -0.25) is 0 Å². The van der Waals surface area contributed by atoms with Gasteiger partial charge in [-0.25, -0.2) is 9.97 Å². The van der Waals surface area contributed by atoms with Crippen molar-refractivity contribution >= 4 is 28.1 Å². The molecule has 4 rings (SSSR count). The molecule has 0 aliphatic carbocycles. The molecule has 3 aromatic heterocycles. The number of pyridine rings is 1. The molecular weight excluding hydrogens is 294 g/mol. The minimum atomic E-state index is 0.483. The van der Waals surface area contributed by atoms with Crippen LogP contribution in [0.1, 0.15) is 0 Å². The Morgan fingerprint density at radius 1 is 1.13 bits per heavy atom. The van der Waals surface area contributed by atoms with Gasteiger partial charge in [-0.2, -0.15) is 4.98 Å². The third-order valence-electron chi connectivity index (χ3n) is 3.78. The van der Waals surface area contributed by atoms with E-state index >= 15 is 0 Å². The first-order valence-corrected chi connectivity index (χ1v) is 7.15. The van der Waals surface area contributed by atoms with Crippen LogP contribution in [-0.2, 0) is 7.05 Å². The van der Waals surface area contributed by atoms with Crippen LogP contribution in [0.25, 0.3) is 33.7 Å². The molecule has 0 radical (unpaired) electrons. The van der Waals surface area contributed by atoms with Gasteiger partial charge in [-0.15, -0.1) is 0 Å². The van der Waals surface area contributed by atoms with Crippen LogP contribution in [-0.4, -0.2) is 33.7 Å². The molecule has 4 aromatic rings. The topological polar surface area (TPSA) is 78.0 Å². The average Bonchev–Trinajstić information content (AvgIpc) is 3.17. The molecule has 7 heteroatoms. The van der Waals surface area contributed by atoms with Crippen LogP contribution >= 0.6 is 0 Å². The van der Waals surface area contributed by atoms with Crippen LogP contribution in [0.5, 0.6) is 5.75 Å². The lowest BCUT2D eigenvalue weighted by Gasteiger charge is -2.00. The Morgan fingerprint density at radius 3 is 2.61 bits per heavy atom. The lowest BCUT2D eigenvalue weighted by atomic mass is 10.2. The highest BCUT2D eigenvalue weighted by Gasteiger charge is 2.18. The van der Waals surface area contributed by atoms with Crippen molar-refractivity contribution < 1.29 is 9.15 Å². The Labute approximate surface area is 131 Å². The number of methoxy groups -OCH3 is 1. The molecule has 0 saturated heterocycles. The number of nitrogens with zero attached hydrogens (tertiary/aromatic N) is 4. The van der Waals surface area contributed by atoms with Crippen molar-refractivity contribution in [3.05, 3.63) is 30.6 Å². The highest BCUT2D eigenvalue weighted by atomic mass is 16.5. The van der Waals surface area contributed by atoms with Crippen molar-refractivity contribution in [1.82, 2.24) is 19.5 Å². The first kappa shape index (κ1) is 13.6. The molecule has 0 atom stereocenters. The van der Waals surface area contributed by atoms with Gasteiger partial charge >= 0.3 is 0 Å². The molecule has 23 heavy (non-hydrogen) atoms. The number of anilines is 1. The molecule has 0 saturated carbocycles. The molecule has 1 N–H and O–H groups in total. The number of aryl methyl sites for hydroxylation is 1. The van der Waals surface area contributed by atoms with E-state index < -0.39 is 0 Å². The highest BCUT2D eigenvalue weighted by Crippen LogP contribution is 2.31. The highest BCUT2D eigenvalue weighted by molar-refractivity contribution is 6.03. The summed E-state index contributed by atoms with van der Waals surface area (Å²) in [5, 5.41) is 3.05. The molecule has 116 valence electrons. The molecule has 0 aliphatic rings. The number of oxazole rings is 1. The lowest BCUT2D eigenvalue weighted by Crippen LogP contribution is -1.95. The van der Waals surface area contributed by atoms with E-state index in [4.69, 9.17) is 9.15 Å². The summed E-state index contributed by atoms with van der Waals surface area (Å²) in [5.74, 6) is 1.98. The molecule has 0 spiro atoms. The van der Waals surface area contributed by atoms with Crippen LogP contribution in [0, 0.1) is 0 Å². The van der Waals surface area contributed by atoms with Crippen molar-refractivity contribution in [2.24, 2.45) is 7.05 Å².